The zero-order valence-electron chi connectivity index (χ0n) is 16.5. The number of amides is 3. The molecule has 2 aromatic rings. The number of hydrogen-bond acceptors (Lipinski definition) is 6. The van der Waals surface area contributed by atoms with Crippen LogP contribution in [-0.4, -0.2) is 76.6 Å². The zero-order valence-corrected chi connectivity index (χ0v) is 18.1. The van der Waals surface area contributed by atoms with E-state index in [0.717, 1.165) is 10.2 Å². The Hall–Kier alpha value is -2.33. The summed E-state index contributed by atoms with van der Waals surface area (Å²) in [6.45, 7) is 4.00. The first-order valence-electron chi connectivity index (χ1n) is 9.39. The second kappa shape index (κ2) is 9.93. The molecule has 3 rings (SSSR count). The van der Waals surface area contributed by atoms with Crippen LogP contribution in [0, 0.1) is 0 Å². The molecule has 3 amide bonds. The van der Waals surface area contributed by atoms with Crippen LogP contribution in [0.3, 0.4) is 0 Å². The molecule has 1 saturated heterocycles. The first-order chi connectivity index (χ1) is 14.0. The third-order valence-electron chi connectivity index (χ3n) is 4.54. The molecule has 0 atom stereocenters. The summed E-state index contributed by atoms with van der Waals surface area (Å²) >= 11 is 2.74. The minimum Gasteiger partial charge on any atom is -0.450 e. The predicted octanol–water partition coefficient (Wildman–Crippen LogP) is 1.70. The van der Waals surface area contributed by atoms with Gasteiger partial charge in [-0.25, -0.2) is 4.79 Å². The van der Waals surface area contributed by atoms with Crippen molar-refractivity contribution in [3.05, 3.63) is 29.1 Å². The Labute approximate surface area is 177 Å². The van der Waals surface area contributed by atoms with Crippen LogP contribution in [0.15, 0.2) is 29.3 Å². The molecule has 0 spiro atoms. The fourth-order valence-corrected chi connectivity index (χ4v) is 4.73. The number of piperazine rings is 1. The number of nitrogens with zero attached hydrogens (tertiary/aromatic N) is 4. The number of aryl methyl sites for hydroxylation is 1. The molecular weight excluding hydrogens is 412 g/mol. The summed E-state index contributed by atoms with van der Waals surface area (Å²) < 4.78 is 7.95. The fraction of sp³-hybridized carbons (Fsp3) is 0.474. The van der Waals surface area contributed by atoms with E-state index < -0.39 is 0 Å². The van der Waals surface area contributed by atoms with Gasteiger partial charge in [-0.2, -0.15) is 4.99 Å². The van der Waals surface area contributed by atoms with Gasteiger partial charge in [0.05, 0.1) is 28.3 Å². The lowest BCUT2D eigenvalue weighted by molar-refractivity contribution is -0.129. The van der Waals surface area contributed by atoms with E-state index in [-0.39, 0.29) is 29.4 Å². The largest absolute Gasteiger partial charge is 0.450 e. The molecule has 1 aliphatic rings. The highest BCUT2D eigenvalue weighted by Gasteiger charge is 2.24. The van der Waals surface area contributed by atoms with Crippen LogP contribution in [0.1, 0.15) is 6.92 Å². The highest BCUT2D eigenvalue weighted by Crippen LogP contribution is 2.15. The van der Waals surface area contributed by atoms with Crippen LogP contribution in [0.4, 0.5) is 4.79 Å². The Kier molecular flexibility index (Phi) is 7.32. The summed E-state index contributed by atoms with van der Waals surface area (Å²) in [5, 5.41) is 0. The second-order valence-electron chi connectivity index (χ2n) is 6.48. The van der Waals surface area contributed by atoms with Crippen molar-refractivity contribution in [2.24, 2.45) is 12.0 Å². The minimum absolute atomic E-state index is 0.0290. The van der Waals surface area contributed by atoms with Gasteiger partial charge < -0.3 is 19.1 Å². The van der Waals surface area contributed by atoms with Gasteiger partial charge in [0.25, 0.3) is 5.91 Å². The topological polar surface area (TPSA) is 84.2 Å². The number of para-hydroxylation sites is 1. The van der Waals surface area contributed by atoms with Crippen LogP contribution < -0.4 is 4.80 Å². The van der Waals surface area contributed by atoms with Crippen molar-refractivity contribution in [1.82, 2.24) is 14.4 Å². The smallest absolute Gasteiger partial charge is 0.409 e. The van der Waals surface area contributed by atoms with Crippen LogP contribution in [0.5, 0.6) is 0 Å². The maximum Gasteiger partial charge on any atom is 0.409 e. The standard InChI is InChI=1S/C19H24N4O4S2/c1-3-27-19(26)23-10-8-22(9-11-23)17(25)13-28-12-16(24)20-18-21(2)14-6-4-5-7-15(14)29-18/h4-7H,3,8-13H2,1-2H3. The van der Waals surface area contributed by atoms with E-state index in [1.807, 2.05) is 35.9 Å². The zero-order chi connectivity index (χ0) is 20.8. The minimum atomic E-state index is -0.337. The lowest BCUT2D eigenvalue weighted by Gasteiger charge is -2.34. The molecule has 2 heterocycles. The molecule has 0 bridgehead atoms. The van der Waals surface area contributed by atoms with Crippen LogP contribution in [0.2, 0.25) is 0 Å². The summed E-state index contributed by atoms with van der Waals surface area (Å²) in [7, 11) is 1.89. The highest BCUT2D eigenvalue weighted by atomic mass is 32.2. The number of carbonyl (C=O) groups excluding carboxylic acids is 3. The number of aromatic nitrogens is 1. The van der Waals surface area contributed by atoms with Gasteiger partial charge in [-0.05, 0) is 19.1 Å². The molecule has 1 aromatic heterocycles. The molecule has 0 unspecified atom stereocenters. The summed E-state index contributed by atoms with van der Waals surface area (Å²) in [6.07, 6.45) is -0.337. The van der Waals surface area contributed by atoms with Gasteiger partial charge in [0.15, 0.2) is 4.80 Å². The van der Waals surface area contributed by atoms with Crippen molar-refractivity contribution in [2.45, 2.75) is 6.92 Å². The molecule has 10 heteroatoms. The number of benzene rings is 1. The van der Waals surface area contributed by atoms with E-state index in [9.17, 15) is 14.4 Å². The van der Waals surface area contributed by atoms with Crippen molar-refractivity contribution in [1.29, 1.82) is 0 Å². The number of fused-ring (bicyclic) bond motifs is 1. The molecule has 1 fully saturated rings. The lowest BCUT2D eigenvalue weighted by atomic mass is 10.3. The van der Waals surface area contributed by atoms with Crippen LogP contribution in [0.25, 0.3) is 10.2 Å². The molecule has 156 valence electrons. The molecule has 0 N–H and O–H groups in total. The summed E-state index contributed by atoms with van der Waals surface area (Å²) in [5.41, 5.74) is 1.04. The summed E-state index contributed by atoms with van der Waals surface area (Å²) in [4.78, 5) is 44.4. The van der Waals surface area contributed by atoms with Gasteiger partial charge in [0, 0.05) is 33.2 Å². The molecule has 1 aromatic carbocycles. The summed E-state index contributed by atoms with van der Waals surface area (Å²) in [6, 6.07) is 7.90. The number of ether oxygens (including phenoxy) is 1. The van der Waals surface area contributed by atoms with E-state index in [1.165, 1.54) is 23.1 Å². The predicted molar refractivity (Wildman–Crippen MR) is 114 cm³/mol. The maximum absolute atomic E-state index is 12.3. The van der Waals surface area contributed by atoms with Crippen molar-refractivity contribution in [3.63, 3.8) is 0 Å². The van der Waals surface area contributed by atoms with Gasteiger partial charge in [-0.3, -0.25) is 9.59 Å². The average molecular weight is 437 g/mol. The van der Waals surface area contributed by atoms with E-state index >= 15 is 0 Å². The molecule has 0 aliphatic carbocycles. The van der Waals surface area contributed by atoms with E-state index in [4.69, 9.17) is 4.74 Å². The third kappa shape index (κ3) is 5.39. The number of carbonyl (C=O) groups is 3. The van der Waals surface area contributed by atoms with Crippen molar-refractivity contribution in [3.8, 4) is 0 Å². The SMILES string of the molecule is CCOC(=O)N1CCN(C(=O)CSCC(=O)N=c2sc3ccccc3n2C)CC1. The number of rotatable bonds is 5. The lowest BCUT2D eigenvalue weighted by Crippen LogP contribution is -2.51. The van der Waals surface area contributed by atoms with Gasteiger partial charge in [-0.1, -0.05) is 23.5 Å². The number of thiazole rings is 1. The molecule has 1 aliphatic heterocycles. The number of hydrogen-bond donors (Lipinski definition) is 0. The number of thioether (sulfide) groups is 1. The average Bonchev–Trinajstić information content (AvgIpc) is 3.04. The Morgan fingerprint density at radius 2 is 1.79 bits per heavy atom. The van der Waals surface area contributed by atoms with Crippen molar-refractivity contribution >= 4 is 51.2 Å². The Balaban J connectivity index is 1.46. The van der Waals surface area contributed by atoms with Gasteiger partial charge >= 0.3 is 6.09 Å². The summed E-state index contributed by atoms with van der Waals surface area (Å²) in [5.74, 6) is 0.0953. The molecule has 8 nitrogen and oxygen atoms in total. The first-order valence-corrected chi connectivity index (χ1v) is 11.4. The quantitative estimate of drug-likeness (QED) is 0.712. The Bertz CT molecular complexity index is 961. The molecular formula is C19H24N4O4S2. The molecule has 0 saturated carbocycles. The molecule has 29 heavy (non-hydrogen) atoms. The maximum atomic E-state index is 12.3. The van der Waals surface area contributed by atoms with Crippen LogP contribution in [-0.2, 0) is 21.4 Å². The fourth-order valence-electron chi connectivity index (χ4n) is 3.00. The highest BCUT2D eigenvalue weighted by molar-refractivity contribution is 8.00. The monoisotopic (exact) mass is 436 g/mol. The van der Waals surface area contributed by atoms with E-state index in [0.29, 0.717) is 37.6 Å². The second-order valence-corrected chi connectivity index (χ2v) is 8.47. The van der Waals surface area contributed by atoms with E-state index in [2.05, 4.69) is 4.99 Å². The normalized spacial score (nSPS) is 15.0. The van der Waals surface area contributed by atoms with Crippen molar-refractivity contribution in [2.75, 3.05) is 44.3 Å². The Morgan fingerprint density at radius 1 is 1.10 bits per heavy atom. The van der Waals surface area contributed by atoms with Gasteiger partial charge in [-0.15, -0.1) is 11.8 Å². The van der Waals surface area contributed by atoms with E-state index in [1.54, 1.807) is 16.7 Å². The molecule has 0 radical (unpaired) electrons. The third-order valence-corrected chi connectivity index (χ3v) is 6.56. The van der Waals surface area contributed by atoms with Gasteiger partial charge in [0.2, 0.25) is 5.91 Å². The Morgan fingerprint density at radius 3 is 2.48 bits per heavy atom. The van der Waals surface area contributed by atoms with Gasteiger partial charge in [0.1, 0.15) is 0 Å². The van der Waals surface area contributed by atoms with Crippen molar-refractivity contribution < 1.29 is 19.1 Å². The first kappa shape index (κ1) is 21.4. The van der Waals surface area contributed by atoms with Crippen LogP contribution >= 0.6 is 23.1 Å².